The van der Waals surface area contributed by atoms with Gasteiger partial charge in [0.15, 0.2) is 0 Å². The first-order valence-corrected chi connectivity index (χ1v) is 27.3. The first-order valence-electron chi connectivity index (χ1n) is 27.3. The van der Waals surface area contributed by atoms with Gasteiger partial charge in [0.05, 0.1) is 0 Å². The zero-order valence-corrected chi connectivity index (χ0v) is 48.0. The number of allylic oxidation sites excluding steroid dienone is 12. The van der Waals surface area contributed by atoms with Crippen LogP contribution in [0.4, 0.5) is 0 Å². The van der Waals surface area contributed by atoms with Gasteiger partial charge >= 0.3 is 0 Å². The predicted octanol–water partition coefficient (Wildman–Crippen LogP) is 5.19. The minimum Gasteiger partial charge on any atom is -0.352 e. The van der Waals surface area contributed by atoms with Gasteiger partial charge in [-0.1, -0.05) is 78.0 Å². The van der Waals surface area contributed by atoms with Crippen molar-refractivity contribution in [2.75, 3.05) is 68.5 Å². The van der Waals surface area contributed by atoms with Gasteiger partial charge in [-0.2, -0.15) is 0 Å². The van der Waals surface area contributed by atoms with Crippen molar-refractivity contribution < 1.29 is 38.4 Å². The molecule has 0 radical (unpaired) electrons. The molecular formula is C62H76N10O8. The highest BCUT2D eigenvalue weighted by molar-refractivity contribution is 6.04. The maximum absolute atomic E-state index is 13.8. The van der Waals surface area contributed by atoms with Crippen LogP contribution < -0.4 is 31.9 Å². The van der Waals surface area contributed by atoms with Gasteiger partial charge in [-0.05, 0) is 115 Å². The van der Waals surface area contributed by atoms with Gasteiger partial charge in [-0.15, -0.1) is 0 Å². The van der Waals surface area contributed by atoms with Crippen LogP contribution in [0, 0.1) is 35.5 Å². The summed E-state index contributed by atoms with van der Waals surface area (Å²) in [6.07, 6.45) is 22.6. The quantitative estimate of drug-likeness (QED) is 0.0835. The van der Waals surface area contributed by atoms with Crippen LogP contribution in [0.25, 0.3) is 0 Å². The summed E-state index contributed by atoms with van der Waals surface area (Å²) in [5.74, 6) is -4.01. The molecule has 0 fully saturated rings. The number of nitrogens with zero attached hydrogens (tertiary/aromatic N) is 4. The highest BCUT2D eigenvalue weighted by Crippen LogP contribution is 2.32. The third kappa shape index (κ3) is 14.3. The summed E-state index contributed by atoms with van der Waals surface area (Å²) in [6, 6.07) is 6.28. The average Bonchev–Trinajstić information content (AvgIpc) is 4.30. The lowest BCUT2D eigenvalue weighted by molar-refractivity contribution is -0.118. The predicted molar refractivity (Wildman–Crippen MR) is 308 cm³/mol. The smallest absolute Gasteiger partial charge is 0.257 e. The molecule has 0 bridgehead atoms. The minimum absolute atomic E-state index is 0.162. The number of hydrogen-bond acceptors (Lipinski definition) is 10. The van der Waals surface area contributed by atoms with Crippen molar-refractivity contribution in [3.8, 4) is 0 Å². The van der Waals surface area contributed by atoms with E-state index >= 15 is 0 Å². The monoisotopic (exact) mass is 1090 g/mol. The molecule has 6 atom stereocenters. The second-order valence-corrected chi connectivity index (χ2v) is 21.9. The van der Waals surface area contributed by atoms with Gasteiger partial charge < -0.3 is 51.5 Å². The van der Waals surface area contributed by atoms with Crippen molar-refractivity contribution >= 4 is 47.3 Å². The summed E-state index contributed by atoms with van der Waals surface area (Å²) >= 11 is 0. The summed E-state index contributed by atoms with van der Waals surface area (Å²) in [5.41, 5.74) is 6.65. The molecule has 1 aromatic rings. The number of likely N-dealkylation sites (N-methyl/N-ethyl adjacent to an activating group) is 2. The van der Waals surface area contributed by atoms with Crippen LogP contribution in [0.15, 0.2) is 165 Å². The molecule has 6 unspecified atom stereocenters. The highest BCUT2D eigenvalue weighted by atomic mass is 16.2. The van der Waals surface area contributed by atoms with Crippen molar-refractivity contribution in [3.05, 3.63) is 176 Å². The van der Waals surface area contributed by atoms with Gasteiger partial charge in [-0.25, -0.2) is 0 Å². The first kappa shape index (κ1) is 59.4. The Bertz CT molecular complexity index is 2930. The second kappa shape index (κ2) is 25.7. The first-order chi connectivity index (χ1) is 37.9. The molecule has 80 heavy (non-hydrogen) atoms. The molecule has 0 aliphatic heterocycles. The molecule has 6 N–H and O–H groups in total. The number of hydrogen-bond donors (Lipinski definition) is 6. The largest absolute Gasteiger partial charge is 0.352 e. The molecule has 0 heterocycles. The molecule has 18 heteroatoms. The Hall–Kier alpha value is -8.22. The van der Waals surface area contributed by atoms with Crippen LogP contribution in [-0.4, -0.2) is 135 Å². The Balaban J connectivity index is 0.884. The van der Waals surface area contributed by atoms with E-state index in [1.165, 1.54) is 9.80 Å². The third-order valence-corrected chi connectivity index (χ3v) is 14.9. The fourth-order valence-electron chi connectivity index (χ4n) is 10.1. The topological polar surface area (TPSA) is 222 Å². The van der Waals surface area contributed by atoms with Crippen LogP contribution in [0.2, 0.25) is 0 Å². The molecule has 1 aromatic carbocycles. The number of rotatable bonds is 22. The number of carbonyl (C=O) groups is 8. The van der Waals surface area contributed by atoms with Crippen LogP contribution in [-0.2, 0) is 28.8 Å². The molecule has 8 amide bonds. The van der Waals surface area contributed by atoms with Crippen LogP contribution >= 0.6 is 0 Å². The molecule has 0 saturated heterocycles. The summed E-state index contributed by atoms with van der Waals surface area (Å²) in [4.78, 5) is 114. The van der Waals surface area contributed by atoms with Crippen LogP contribution in [0.5, 0.6) is 0 Å². The number of nitrogens with one attached hydrogen (secondary N) is 6. The Morgan fingerprint density at radius 2 is 0.613 bits per heavy atom. The van der Waals surface area contributed by atoms with Crippen molar-refractivity contribution in [2.45, 2.75) is 54.4 Å². The highest BCUT2D eigenvalue weighted by Gasteiger charge is 2.32. The average molecular weight is 1090 g/mol. The van der Waals surface area contributed by atoms with Crippen molar-refractivity contribution in [1.82, 2.24) is 51.5 Å². The van der Waals surface area contributed by atoms with E-state index in [1.54, 1.807) is 87.0 Å². The summed E-state index contributed by atoms with van der Waals surface area (Å²) in [6.45, 7) is 14.1. The lowest BCUT2D eigenvalue weighted by Crippen LogP contribution is -2.29. The lowest BCUT2D eigenvalue weighted by Gasteiger charge is -2.19. The van der Waals surface area contributed by atoms with E-state index in [9.17, 15) is 38.4 Å². The Kier molecular flexibility index (Phi) is 19.1. The van der Waals surface area contributed by atoms with E-state index in [0.29, 0.717) is 91.8 Å². The Labute approximate surface area is 469 Å². The fourth-order valence-corrected chi connectivity index (χ4v) is 10.1. The molecule has 0 aromatic heterocycles. The zero-order chi connectivity index (χ0) is 58.3. The third-order valence-electron chi connectivity index (χ3n) is 14.9. The van der Waals surface area contributed by atoms with Crippen molar-refractivity contribution in [2.24, 2.45) is 35.5 Å². The standard InChI is InChI=1S/C62H76N10O8/c1-35-23-43(29-49(35)55(73)63-19-13-21-69(7)8)65-57(75)51-31-45(25-37(51)3)67-59(77)53-33-47(27-39(53)5)71(11)61(79)41-15-17-42(18-16-41)62(80)72(12)48-28-40(6)54(34-48)60(78)68-46-26-38(4)52(32-46)58(76)66-44-24-36(2)50(30-44)56(74)64-20-14-22-70(9)10/h15-18,23-40H,13-14,19-22H2,1-12H3,(H,63,73)(H,64,74)(H,65,75)(H,66,76)(H,67,77)(H,68,78). The summed E-state index contributed by atoms with van der Waals surface area (Å²) in [7, 11) is 11.1. The van der Waals surface area contributed by atoms with Crippen LogP contribution in [0.1, 0.15) is 75.1 Å². The molecule has 6 aliphatic carbocycles. The maximum atomic E-state index is 13.8. The van der Waals surface area contributed by atoms with Gasteiger partial charge in [0, 0.05) is 141 Å². The van der Waals surface area contributed by atoms with Crippen LogP contribution in [0.3, 0.4) is 0 Å². The SMILES string of the molecule is CC1C=C(NC(=O)C2=CC(NC(=O)C3=CC(N(C)C(=O)c4ccc(C(=O)N(C)C5=CC(C)C(C(=O)NC6=CC(C)C(C(=O)NC7=CC(C)C(C(=O)NCCCN(C)C)=C7)=C6)=C5)cc4)=CC3C)=CC2C)C=C1C(=O)NCCCN(C)C. The molecule has 6 aliphatic rings. The van der Waals surface area contributed by atoms with E-state index in [1.807, 2.05) is 94.0 Å². The van der Waals surface area contributed by atoms with E-state index in [4.69, 9.17) is 0 Å². The van der Waals surface area contributed by atoms with Gasteiger partial charge in [-0.3, -0.25) is 38.4 Å². The lowest BCUT2D eigenvalue weighted by atomic mass is 10.0. The van der Waals surface area contributed by atoms with E-state index in [-0.39, 0.29) is 82.8 Å². The zero-order valence-electron chi connectivity index (χ0n) is 48.0. The Morgan fingerprint density at radius 1 is 0.362 bits per heavy atom. The molecule has 0 saturated carbocycles. The van der Waals surface area contributed by atoms with E-state index < -0.39 is 0 Å². The number of carbonyl (C=O) groups excluding carboxylic acids is 8. The molecule has 7 rings (SSSR count). The number of benzene rings is 1. The molecule has 422 valence electrons. The fraction of sp³-hybridized carbons (Fsp3) is 0.387. The number of amides is 8. The minimum atomic E-state index is -0.372. The van der Waals surface area contributed by atoms with Gasteiger partial charge in [0.1, 0.15) is 0 Å². The van der Waals surface area contributed by atoms with Gasteiger partial charge in [0.25, 0.3) is 35.4 Å². The molecule has 0 spiro atoms. The van der Waals surface area contributed by atoms with E-state index in [2.05, 4.69) is 41.7 Å². The van der Waals surface area contributed by atoms with Crippen molar-refractivity contribution in [3.63, 3.8) is 0 Å². The normalized spacial score (nSPS) is 21.8. The maximum Gasteiger partial charge on any atom is 0.257 e. The summed E-state index contributed by atoms with van der Waals surface area (Å²) in [5, 5.41) is 17.6. The summed E-state index contributed by atoms with van der Waals surface area (Å²) < 4.78 is 0. The van der Waals surface area contributed by atoms with Crippen molar-refractivity contribution in [1.29, 1.82) is 0 Å². The molecule has 18 nitrogen and oxygen atoms in total. The Morgan fingerprint density at radius 3 is 0.887 bits per heavy atom. The van der Waals surface area contributed by atoms with E-state index in [0.717, 1.165) is 25.9 Å². The molecular weight excluding hydrogens is 1010 g/mol. The second-order valence-electron chi connectivity index (χ2n) is 21.9. The van der Waals surface area contributed by atoms with Gasteiger partial charge in [0.2, 0.25) is 11.8 Å².